The van der Waals surface area contributed by atoms with Crippen LogP contribution in [0.5, 0.6) is 5.75 Å². The Hall–Kier alpha value is -2.22. The number of aromatic nitrogens is 1. The molecule has 0 spiro atoms. The molecule has 2 nitrogen and oxygen atoms in total. The smallest absolute Gasteiger partial charge is 0.121 e. The monoisotopic (exact) mass is 265 g/mol. The van der Waals surface area contributed by atoms with Gasteiger partial charge in [0.25, 0.3) is 0 Å². The zero-order chi connectivity index (χ0) is 13.8. The number of aryl methyl sites for hydroxylation is 1. The van der Waals surface area contributed by atoms with Gasteiger partial charge in [0.2, 0.25) is 0 Å². The molecule has 0 N–H and O–H groups in total. The minimum absolute atomic E-state index is 0.612. The molecule has 0 aliphatic carbocycles. The molecular formula is C18H19NO. The van der Waals surface area contributed by atoms with Gasteiger partial charge in [-0.05, 0) is 35.6 Å². The van der Waals surface area contributed by atoms with E-state index in [2.05, 4.69) is 48.0 Å². The highest BCUT2D eigenvalue weighted by molar-refractivity contribution is 5.81. The van der Waals surface area contributed by atoms with Crippen molar-refractivity contribution in [1.82, 2.24) is 4.57 Å². The number of hydrogen-bond donors (Lipinski definition) is 0. The van der Waals surface area contributed by atoms with Gasteiger partial charge in [-0.1, -0.05) is 37.3 Å². The molecule has 20 heavy (non-hydrogen) atoms. The van der Waals surface area contributed by atoms with Crippen LogP contribution in [0.15, 0.2) is 60.8 Å². The van der Waals surface area contributed by atoms with Crippen molar-refractivity contribution in [3.63, 3.8) is 0 Å². The van der Waals surface area contributed by atoms with Crippen LogP contribution in [0.25, 0.3) is 10.9 Å². The van der Waals surface area contributed by atoms with Crippen molar-refractivity contribution in [3.05, 3.63) is 66.4 Å². The number of ether oxygens (including phenoxy) is 1. The lowest BCUT2D eigenvalue weighted by Crippen LogP contribution is -1.97. The van der Waals surface area contributed by atoms with E-state index in [9.17, 15) is 0 Å². The van der Waals surface area contributed by atoms with E-state index in [4.69, 9.17) is 4.74 Å². The summed E-state index contributed by atoms with van der Waals surface area (Å²) in [5.41, 5.74) is 2.44. The van der Waals surface area contributed by atoms with Gasteiger partial charge >= 0.3 is 0 Å². The van der Waals surface area contributed by atoms with Crippen LogP contribution in [0.2, 0.25) is 0 Å². The minimum atomic E-state index is 0.612. The van der Waals surface area contributed by atoms with Crippen LogP contribution in [0.1, 0.15) is 18.9 Å². The molecular weight excluding hydrogens is 246 g/mol. The maximum Gasteiger partial charge on any atom is 0.121 e. The molecule has 2 heteroatoms. The van der Waals surface area contributed by atoms with E-state index in [-0.39, 0.29) is 0 Å². The highest BCUT2D eigenvalue weighted by atomic mass is 16.5. The Bertz CT molecular complexity index is 685. The fraction of sp³-hybridized carbons (Fsp3) is 0.222. The lowest BCUT2D eigenvalue weighted by molar-refractivity contribution is 0.306. The van der Waals surface area contributed by atoms with E-state index in [1.54, 1.807) is 0 Å². The molecule has 102 valence electrons. The molecule has 0 aliphatic rings. The Labute approximate surface area is 119 Å². The first-order chi connectivity index (χ1) is 9.86. The first-order valence-electron chi connectivity index (χ1n) is 7.12. The van der Waals surface area contributed by atoms with Crippen LogP contribution < -0.4 is 4.74 Å². The maximum absolute atomic E-state index is 5.89. The average Bonchev–Trinajstić information content (AvgIpc) is 2.89. The predicted octanol–water partition coefficient (Wildman–Crippen LogP) is 4.63. The van der Waals surface area contributed by atoms with Gasteiger partial charge in [-0.15, -0.1) is 0 Å². The standard InChI is InChI=1S/C18H19NO/c1-2-11-19-12-10-16-8-9-17(13-18(16)19)20-14-15-6-4-3-5-7-15/h3-10,12-13H,2,11,14H2,1H3. The first kappa shape index (κ1) is 12.8. The van der Waals surface area contributed by atoms with E-state index < -0.39 is 0 Å². The Morgan fingerprint density at radius 1 is 1.00 bits per heavy atom. The van der Waals surface area contributed by atoms with Crippen molar-refractivity contribution in [2.45, 2.75) is 26.5 Å². The first-order valence-corrected chi connectivity index (χ1v) is 7.12. The van der Waals surface area contributed by atoms with Gasteiger partial charge in [-0.3, -0.25) is 0 Å². The summed E-state index contributed by atoms with van der Waals surface area (Å²) in [5, 5.41) is 1.27. The number of nitrogens with zero attached hydrogens (tertiary/aromatic N) is 1. The molecule has 0 saturated heterocycles. The Morgan fingerprint density at radius 3 is 2.65 bits per heavy atom. The van der Waals surface area contributed by atoms with Crippen molar-refractivity contribution in [3.8, 4) is 5.75 Å². The number of fused-ring (bicyclic) bond motifs is 1. The normalized spacial score (nSPS) is 10.8. The summed E-state index contributed by atoms with van der Waals surface area (Å²) < 4.78 is 8.17. The SMILES string of the molecule is CCCn1ccc2ccc(OCc3ccccc3)cc21. The molecule has 0 radical (unpaired) electrons. The Balaban J connectivity index is 1.79. The van der Waals surface area contributed by atoms with Crippen LogP contribution in [0.4, 0.5) is 0 Å². The Kier molecular flexibility index (Phi) is 3.73. The topological polar surface area (TPSA) is 14.2 Å². The van der Waals surface area contributed by atoms with E-state index in [1.807, 2.05) is 24.3 Å². The van der Waals surface area contributed by atoms with E-state index in [1.165, 1.54) is 16.5 Å². The highest BCUT2D eigenvalue weighted by Crippen LogP contribution is 2.23. The third kappa shape index (κ3) is 2.69. The van der Waals surface area contributed by atoms with Gasteiger partial charge in [0.05, 0.1) is 5.52 Å². The van der Waals surface area contributed by atoms with Crippen molar-refractivity contribution in [2.24, 2.45) is 0 Å². The second-order valence-corrected chi connectivity index (χ2v) is 5.00. The average molecular weight is 265 g/mol. The third-order valence-corrected chi connectivity index (χ3v) is 3.46. The summed E-state index contributed by atoms with van der Waals surface area (Å²) in [6.07, 6.45) is 3.29. The number of benzene rings is 2. The fourth-order valence-electron chi connectivity index (χ4n) is 2.43. The van der Waals surface area contributed by atoms with Gasteiger partial charge in [0.15, 0.2) is 0 Å². The summed E-state index contributed by atoms with van der Waals surface area (Å²) >= 11 is 0. The van der Waals surface area contributed by atoms with Gasteiger partial charge in [-0.2, -0.15) is 0 Å². The molecule has 0 saturated carbocycles. The van der Waals surface area contributed by atoms with Crippen LogP contribution in [0.3, 0.4) is 0 Å². The molecule has 3 aromatic rings. The van der Waals surface area contributed by atoms with Crippen LogP contribution in [0, 0.1) is 0 Å². The lowest BCUT2D eigenvalue weighted by Gasteiger charge is -2.08. The molecule has 1 aromatic heterocycles. The zero-order valence-corrected chi connectivity index (χ0v) is 11.8. The van der Waals surface area contributed by atoms with Gasteiger partial charge < -0.3 is 9.30 Å². The number of rotatable bonds is 5. The summed E-state index contributed by atoms with van der Waals surface area (Å²) in [6, 6.07) is 18.7. The molecule has 0 amide bonds. The molecule has 1 heterocycles. The summed E-state index contributed by atoms with van der Waals surface area (Å²) in [6.45, 7) is 3.86. The second-order valence-electron chi connectivity index (χ2n) is 5.00. The molecule has 0 aliphatic heterocycles. The largest absolute Gasteiger partial charge is 0.489 e. The zero-order valence-electron chi connectivity index (χ0n) is 11.8. The summed E-state index contributed by atoms with van der Waals surface area (Å²) in [7, 11) is 0. The molecule has 0 unspecified atom stereocenters. The second kappa shape index (κ2) is 5.83. The van der Waals surface area contributed by atoms with E-state index in [0.29, 0.717) is 6.61 Å². The van der Waals surface area contributed by atoms with Crippen LogP contribution >= 0.6 is 0 Å². The van der Waals surface area contributed by atoms with E-state index >= 15 is 0 Å². The molecule has 0 bridgehead atoms. The molecule has 2 aromatic carbocycles. The van der Waals surface area contributed by atoms with Crippen molar-refractivity contribution in [2.75, 3.05) is 0 Å². The lowest BCUT2D eigenvalue weighted by atomic mass is 10.2. The molecule has 0 atom stereocenters. The van der Waals surface area contributed by atoms with Gasteiger partial charge in [0, 0.05) is 18.8 Å². The highest BCUT2D eigenvalue weighted by Gasteiger charge is 2.03. The summed E-state index contributed by atoms with van der Waals surface area (Å²) in [5.74, 6) is 0.928. The maximum atomic E-state index is 5.89. The van der Waals surface area contributed by atoms with Crippen molar-refractivity contribution in [1.29, 1.82) is 0 Å². The Morgan fingerprint density at radius 2 is 1.85 bits per heavy atom. The molecule has 0 fully saturated rings. The third-order valence-electron chi connectivity index (χ3n) is 3.46. The quantitative estimate of drug-likeness (QED) is 0.656. The summed E-state index contributed by atoms with van der Waals surface area (Å²) in [4.78, 5) is 0. The minimum Gasteiger partial charge on any atom is -0.489 e. The van der Waals surface area contributed by atoms with Crippen molar-refractivity contribution < 1.29 is 4.74 Å². The molecule has 3 rings (SSSR count). The number of hydrogen-bond acceptors (Lipinski definition) is 1. The van der Waals surface area contributed by atoms with Gasteiger partial charge in [-0.25, -0.2) is 0 Å². The van der Waals surface area contributed by atoms with Crippen molar-refractivity contribution >= 4 is 10.9 Å². The van der Waals surface area contributed by atoms with Crippen LogP contribution in [-0.2, 0) is 13.2 Å². The van der Waals surface area contributed by atoms with E-state index in [0.717, 1.165) is 18.7 Å². The fourth-order valence-corrected chi connectivity index (χ4v) is 2.43. The van der Waals surface area contributed by atoms with Gasteiger partial charge in [0.1, 0.15) is 12.4 Å². The predicted molar refractivity (Wildman–Crippen MR) is 83.0 cm³/mol. The van der Waals surface area contributed by atoms with Crippen LogP contribution in [-0.4, -0.2) is 4.57 Å².